The summed E-state index contributed by atoms with van der Waals surface area (Å²) in [6.07, 6.45) is 4.61. The second-order valence-corrected chi connectivity index (χ2v) is 8.69. The van der Waals surface area contributed by atoms with Gasteiger partial charge >= 0.3 is 6.09 Å². The van der Waals surface area contributed by atoms with Crippen molar-refractivity contribution in [2.24, 2.45) is 5.41 Å². The number of piperazine rings is 1. The Morgan fingerprint density at radius 2 is 2.11 bits per heavy atom. The number of carbonyl (C=O) groups excluding carboxylic acids is 1. The Labute approximate surface area is 167 Å². The lowest BCUT2D eigenvalue weighted by Gasteiger charge is -2.48. The molecule has 6 nitrogen and oxygen atoms in total. The van der Waals surface area contributed by atoms with Gasteiger partial charge in [0.1, 0.15) is 10.4 Å². The topological polar surface area (TPSA) is 48.9 Å². The number of amides is 1. The summed E-state index contributed by atoms with van der Waals surface area (Å²) in [7, 11) is 0. The first kappa shape index (κ1) is 18.9. The average molecular weight is 441 g/mol. The summed E-state index contributed by atoms with van der Waals surface area (Å²) in [5, 5.41) is 0. The molecule has 1 spiro atoms. The fourth-order valence-electron chi connectivity index (χ4n) is 4.84. The van der Waals surface area contributed by atoms with Crippen LogP contribution in [0.25, 0.3) is 0 Å². The smallest absolute Gasteiger partial charge is 0.409 e. The Hall–Kier alpha value is -1.41. The second-order valence-electron chi connectivity index (χ2n) is 7.94. The number of aromatic nitrogens is 1. The number of halogens is 2. The normalized spacial score (nSPS) is 24.9. The Bertz CT molecular complexity index is 705. The molecule has 3 aliphatic rings. The number of hydrogen-bond donors (Lipinski definition) is 0. The van der Waals surface area contributed by atoms with Crippen LogP contribution in [-0.4, -0.2) is 72.8 Å². The van der Waals surface area contributed by atoms with Crippen molar-refractivity contribution in [2.75, 3.05) is 50.8 Å². The predicted molar refractivity (Wildman–Crippen MR) is 104 cm³/mol. The molecule has 3 heterocycles. The van der Waals surface area contributed by atoms with Crippen LogP contribution in [0.3, 0.4) is 0 Å². The molecule has 0 radical (unpaired) electrons. The van der Waals surface area contributed by atoms with E-state index in [0.717, 1.165) is 51.4 Å². The fraction of sp³-hybridized carbons (Fsp3) is 0.684. The molecular formula is C19H26BrFN4O2. The third-order valence-corrected chi connectivity index (χ3v) is 6.82. The molecule has 1 saturated carbocycles. The Kier molecular flexibility index (Phi) is 5.29. The minimum atomic E-state index is -0.301. The molecule has 2 aliphatic heterocycles. The Balaban J connectivity index is 1.29. The van der Waals surface area contributed by atoms with Gasteiger partial charge in [0.2, 0.25) is 0 Å². The van der Waals surface area contributed by atoms with Gasteiger partial charge < -0.3 is 14.5 Å². The maximum Gasteiger partial charge on any atom is 0.409 e. The lowest BCUT2D eigenvalue weighted by atomic mass is 9.78. The van der Waals surface area contributed by atoms with E-state index >= 15 is 0 Å². The molecule has 0 N–H and O–H groups in total. The standard InChI is InChI=1S/C19H26BrFN4O2/c1-2-27-18(26)25-12-19(13-25)4-3-15(10-19)23-5-7-24(8-6-23)16-9-14(21)11-22-17(16)20/h9,11,15H,2-8,10,12-13H2,1H3/t15-/m1/s1. The van der Waals surface area contributed by atoms with E-state index < -0.39 is 0 Å². The summed E-state index contributed by atoms with van der Waals surface area (Å²) < 4.78 is 19.3. The van der Waals surface area contributed by atoms with Crippen molar-refractivity contribution >= 4 is 27.7 Å². The third kappa shape index (κ3) is 3.78. The number of anilines is 1. The first-order valence-electron chi connectivity index (χ1n) is 9.71. The number of likely N-dealkylation sites (tertiary alicyclic amines) is 1. The van der Waals surface area contributed by atoms with Crippen molar-refractivity contribution in [3.05, 3.63) is 22.7 Å². The van der Waals surface area contributed by atoms with Crippen LogP contribution in [0.15, 0.2) is 16.9 Å². The van der Waals surface area contributed by atoms with E-state index in [2.05, 4.69) is 30.7 Å². The monoisotopic (exact) mass is 440 g/mol. The summed E-state index contributed by atoms with van der Waals surface area (Å²) >= 11 is 3.43. The van der Waals surface area contributed by atoms with Crippen LogP contribution >= 0.6 is 15.9 Å². The van der Waals surface area contributed by atoms with Crippen LogP contribution in [0.4, 0.5) is 14.9 Å². The molecular weight excluding hydrogens is 415 g/mol. The van der Waals surface area contributed by atoms with Crippen molar-refractivity contribution in [1.82, 2.24) is 14.8 Å². The number of carbonyl (C=O) groups is 1. The van der Waals surface area contributed by atoms with Gasteiger partial charge in [0.25, 0.3) is 0 Å². The molecule has 0 bridgehead atoms. The zero-order valence-corrected chi connectivity index (χ0v) is 17.3. The molecule has 4 rings (SSSR count). The summed E-state index contributed by atoms with van der Waals surface area (Å²) in [6.45, 7) is 7.67. The fourth-order valence-corrected chi connectivity index (χ4v) is 5.31. The molecule has 3 fully saturated rings. The molecule has 1 aromatic heterocycles. The first-order chi connectivity index (χ1) is 13.0. The first-order valence-corrected chi connectivity index (χ1v) is 10.5. The third-order valence-electron chi connectivity index (χ3n) is 6.21. The van der Waals surface area contributed by atoms with Crippen LogP contribution in [0.5, 0.6) is 0 Å². The van der Waals surface area contributed by atoms with Crippen LogP contribution in [0.1, 0.15) is 26.2 Å². The van der Waals surface area contributed by atoms with E-state index in [1.54, 1.807) is 6.07 Å². The number of nitrogens with zero attached hydrogens (tertiary/aromatic N) is 4. The van der Waals surface area contributed by atoms with Gasteiger partial charge in [0.15, 0.2) is 0 Å². The van der Waals surface area contributed by atoms with Gasteiger partial charge in [-0.05, 0) is 42.1 Å². The predicted octanol–water partition coefficient (Wildman–Crippen LogP) is 3.12. The van der Waals surface area contributed by atoms with E-state index in [-0.39, 0.29) is 11.9 Å². The molecule has 0 unspecified atom stereocenters. The number of rotatable bonds is 3. The van der Waals surface area contributed by atoms with E-state index in [1.165, 1.54) is 19.0 Å². The van der Waals surface area contributed by atoms with Gasteiger partial charge in [0.05, 0.1) is 18.5 Å². The highest BCUT2D eigenvalue weighted by Gasteiger charge is 2.51. The molecule has 1 aliphatic carbocycles. The zero-order chi connectivity index (χ0) is 19.0. The Morgan fingerprint density at radius 3 is 2.81 bits per heavy atom. The van der Waals surface area contributed by atoms with Crippen molar-refractivity contribution in [3.63, 3.8) is 0 Å². The zero-order valence-electron chi connectivity index (χ0n) is 15.7. The van der Waals surface area contributed by atoms with E-state index in [1.807, 2.05) is 11.8 Å². The van der Waals surface area contributed by atoms with Crippen molar-refractivity contribution in [3.8, 4) is 0 Å². The maximum atomic E-state index is 13.5. The minimum absolute atomic E-state index is 0.172. The number of pyridine rings is 1. The summed E-state index contributed by atoms with van der Waals surface area (Å²) in [5.41, 5.74) is 1.13. The van der Waals surface area contributed by atoms with Gasteiger partial charge in [-0.1, -0.05) is 0 Å². The highest BCUT2D eigenvalue weighted by Crippen LogP contribution is 2.47. The quantitative estimate of drug-likeness (QED) is 0.675. The second kappa shape index (κ2) is 7.54. The number of hydrogen-bond acceptors (Lipinski definition) is 5. The van der Waals surface area contributed by atoms with Crippen LogP contribution in [0, 0.1) is 11.2 Å². The minimum Gasteiger partial charge on any atom is -0.450 e. The van der Waals surface area contributed by atoms with E-state index in [9.17, 15) is 9.18 Å². The maximum absolute atomic E-state index is 13.5. The van der Waals surface area contributed by atoms with Crippen LogP contribution in [-0.2, 0) is 4.74 Å². The lowest BCUT2D eigenvalue weighted by Crippen LogP contribution is -2.58. The lowest BCUT2D eigenvalue weighted by molar-refractivity contribution is -0.00294. The molecule has 2 saturated heterocycles. The van der Waals surface area contributed by atoms with Crippen molar-refractivity contribution < 1.29 is 13.9 Å². The van der Waals surface area contributed by atoms with Crippen LogP contribution in [0.2, 0.25) is 0 Å². The van der Waals surface area contributed by atoms with E-state index in [4.69, 9.17) is 4.74 Å². The van der Waals surface area contributed by atoms with Gasteiger partial charge in [0, 0.05) is 56.8 Å². The van der Waals surface area contributed by atoms with Gasteiger partial charge in [-0.15, -0.1) is 0 Å². The van der Waals surface area contributed by atoms with Gasteiger partial charge in [-0.3, -0.25) is 4.90 Å². The molecule has 148 valence electrons. The SMILES string of the molecule is CCOC(=O)N1CC2(CC[C@@H](N3CCN(c4cc(F)cnc4Br)CC3)C2)C1. The van der Waals surface area contributed by atoms with Gasteiger partial charge in [-0.2, -0.15) is 0 Å². The highest BCUT2D eigenvalue weighted by molar-refractivity contribution is 9.10. The molecule has 27 heavy (non-hydrogen) atoms. The van der Waals surface area contributed by atoms with E-state index in [0.29, 0.717) is 22.7 Å². The van der Waals surface area contributed by atoms with Crippen LogP contribution < -0.4 is 4.90 Å². The summed E-state index contributed by atoms with van der Waals surface area (Å²) in [4.78, 5) is 22.5. The van der Waals surface area contributed by atoms with Crippen molar-refractivity contribution in [1.29, 1.82) is 0 Å². The highest BCUT2D eigenvalue weighted by atomic mass is 79.9. The molecule has 1 aromatic rings. The molecule has 8 heteroatoms. The Morgan fingerprint density at radius 1 is 1.37 bits per heavy atom. The van der Waals surface area contributed by atoms with Crippen molar-refractivity contribution in [2.45, 2.75) is 32.2 Å². The average Bonchev–Trinajstić information content (AvgIpc) is 3.09. The summed E-state index contributed by atoms with van der Waals surface area (Å²) in [5.74, 6) is -0.301. The molecule has 1 atom stereocenters. The number of ether oxygens (including phenoxy) is 1. The van der Waals surface area contributed by atoms with Gasteiger partial charge in [-0.25, -0.2) is 14.2 Å². The largest absolute Gasteiger partial charge is 0.450 e. The molecule has 1 amide bonds. The molecule has 0 aromatic carbocycles. The summed E-state index contributed by atoms with van der Waals surface area (Å²) in [6, 6.07) is 2.14.